The Balaban J connectivity index is 2.27. The average molecular weight is 272 g/mol. The first kappa shape index (κ1) is 14.0. The molecule has 0 fully saturated rings. The van der Waals surface area contributed by atoms with Crippen LogP contribution in [0, 0.1) is 13.8 Å². The van der Waals surface area contributed by atoms with Crippen LogP contribution in [0.4, 0.5) is 0 Å². The molecule has 0 radical (unpaired) electrons. The highest BCUT2D eigenvalue weighted by Gasteiger charge is 2.07. The van der Waals surface area contributed by atoms with Gasteiger partial charge in [-0.05, 0) is 61.2 Å². The monoisotopic (exact) mass is 272 g/mol. The fourth-order valence-electron chi connectivity index (χ4n) is 2.17. The maximum Gasteiger partial charge on any atom is 0.118 e. The summed E-state index contributed by atoms with van der Waals surface area (Å²) in [4.78, 5) is 2.61. The van der Waals surface area contributed by atoms with Crippen LogP contribution >= 0.6 is 11.8 Å². The van der Waals surface area contributed by atoms with Crippen LogP contribution in [-0.4, -0.2) is 7.11 Å². The molecule has 0 unspecified atom stereocenters. The Hall–Kier alpha value is -1.41. The molecule has 0 atom stereocenters. The van der Waals surface area contributed by atoms with Gasteiger partial charge in [-0.25, -0.2) is 0 Å². The Morgan fingerprint density at radius 3 is 2.05 bits per heavy atom. The van der Waals surface area contributed by atoms with Gasteiger partial charge in [-0.15, -0.1) is 0 Å². The van der Waals surface area contributed by atoms with Crippen molar-refractivity contribution in [3.05, 3.63) is 53.1 Å². The summed E-state index contributed by atoms with van der Waals surface area (Å²) >= 11 is 1.82. The van der Waals surface area contributed by atoms with Gasteiger partial charge in [0.25, 0.3) is 0 Å². The molecule has 0 aliphatic carbocycles. The predicted octanol–water partition coefficient (Wildman–Crippen LogP) is 5.03. The molecule has 2 rings (SSSR count). The van der Waals surface area contributed by atoms with E-state index in [9.17, 15) is 0 Å². The fourth-order valence-corrected chi connectivity index (χ4v) is 3.11. The molecular formula is C17H20OS. The van der Waals surface area contributed by atoms with Crippen LogP contribution in [0.5, 0.6) is 5.75 Å². The number of benzene rings is 2. The first-order valence-electron chi connectivity index (χ1n) is 6.56. The minimum absolute atomic E-state index is 0.902. The SMILES string of the molecule is CCc1cc(C)c(Sc2ccc(OC)cc2)c(C)c1. The quantitative estimate of drug-likeness (QED) is 0.772. The van der Waals surface area contributed by atoms with Gasteiger partial charge in [-0.2, -0.15) is 0 Å². The first-order chi connectivity index (χ1) is 9.13. The van der Waals surface area contributed by atoms with Crippen molar-refractivity contribution in [2.24, 2.45) is 0 Å². The summed E-state index contributed by atoms with van der Waals surface area (Å²) in [6.45, 7) is 6.58. The van der Waals surface area contributed by atoms with Crippen molar-refractivity contribution in [3.8, 4) is 5.75 Å². The zero-order chi connectivity index (χ0) is 13.8. The third-order valence-electron chi connectivity index (χ3n) is 3.21. The van der Waals surface area contributed by atoms with Crippen LogP contribution in [0.2, 0.25) is 0 Å². The molecule has 0 spiro atoms. The summed E-state index contributed by atoms with van der Waals surface area (Å²) < 4.78 is 5.19. The number of methoxy groups -OCH3 is 1. The molecule has 2 heteroatoms. The number of aryl methyl sites for hydroxylation is 3. The molecule has 0 saturated carbocycles. The van der Waals surface area contributed by atoms with E-state index in [1.165, 1.54) is 26.5 Å². The molecule has 1 nitrogen and oxygen atoms in total. The third kappa shape index (κ3) is 3.32. The molecular weight excluding hydrogens is 252 g/mol. The molecule has 0 bridgehead atoms. The van der Waals surface area contributed by atoms with Gasteiger partial charge in [0, 0.05) is 9.79 Å². The minimum atomic E-state index is 0.902. The average Bonchev–Trinajstić information content (AvgIpc) is 2.43. The number of hydrogen-bond donors (Lipinski definition) is 0. The summed E-state index contributed by atoms with van der Waals surface area (Å²) in [5.41, 5.74) is 4.13. The van der Waals surface area contributed by atoms with Crippen LogP contribution < -0.4 is 4.74 Å². The molecule has 0 aliphatic heterocycles. The Morgan fingerprint density at radius 1 is 1.00 bits per heavy atom. The van der Waals surface area contributed by atoms with E-state index < -0.39 is 0 Å². The smallest absolute Gasteiger partial charge is 0.118 e. The zero-order valence-corrected chi connectivity index (χ0v) is 12.8. The Morgan fingerprint density at radius 2 is 1.58 bits per heavy atom. The third-order valence-corrected chi connectivity index (χ3v) is 4.56. The van der Waals surface area contributed by atoms with Crippen LogP contribution in [-0.2, 0) is 6.42 Å². The second-order valence-electron chi connectivity index (χ2n) is 4.69. The van der Waals surface area contributed by atoms with E-state index in [0.29, 0.717) is 0 Å². The van der Waals surface area contributed by atoms with Gasteiger partial charge in [-0.1, -0.05) is 30.8 Å². The van der Waals surface area contributed by atoms with Gasteiger partial charge >= 0.3 is 0 Å². The lowest BCUT2D eigenvalue weighted by Gasteiger charge is -2.12. The van der Waals surface area contributed by atoms with Gasteiger partial charge in [0.15, 0.2) is 0 Å². The van der Waals surface area contributed by atoms with Gasteiger partial charge in [0.05, 0.1) is 7.11 Å². The molecule has 0 heterocycles. The van der Waals surface area contributed by atoms with Crippen molar-refractivity contribution in [2.75, 3.05) is 7.11 Å². The van der Waals surface area contributed by atoms with Crippen molar-refractivity contribution in [3.63, 3.8) is 0 Å². The Bertz CT molecular complexity index is 535. The number of hydrogen-bond acceptors (Lipinski definition) is 2. The number of rotatable bonds is 4. The van der Waals surface area contributed by atoms with E-state index in [1.807, 2.05) is 23.9 Å². The lowest BCUT2D eigenvalue weighted by Crippen LogP contribution is -1.90. The molecule has 0 amide bonds. The standard InChI is InChI=1S/C17H20OS/c1-5-14-10-12(2)17(13(3)11-14)19-16-8-6-15(18-4)7-9-16/h6-11H,5H2,1-4H3. The normalized spacial score (nSPS) is 10.5. The molecule has 0 N–H and O–H groups in total. The summed E-state index contributed by atoms with van der Waals surface area (Å²) in [6.07, 6.45) is 1.09. The van der Waals surface area contributed by atoms with Gasteiger partial charge in [-0.3, -0.25) is 0 Å². The van der Waals surface area contributed by atoms with Crippen LogP contribution in [0.3, 0.4) is 0 Å². The summed E-state index contributed by atoms with van der Waals surface area (Å²) in [5, 5.41) is 0. The highest BCUT2D eigenvalue weighted by Crippen LogP contribution is 2.34. The van der Waals surface area contributed by atoms with Crippen LogP contribution in [0.1, 0.15) is 23.6 Å². The molecule has 2 aromatic rings. The summed E-state index contributed by atoms with van der Waals surface area (Å²) in [6, 6.07) is 12.8. The minimum Gasteiger partial charge on any atom is -0.497 e. The summed E-state index contributed by atoms with van der Waals surface area (Å²) in [7, 11) is 1.69. The molecule has 100 valence electrons. The van der Waals surface area contributed by atoms with E-state index >= 15 is 0 Å². The zero-order valence-electron chi connectivity index (χ0n) is 12.0. The van der Waals surface area contributed by atoms with E-state index in [-0.39, 0.29) is 0 Å². The highest BCUT2D eigenvalue weighted by molar-refractivity contribution is 7.99. The predicted molar refractivity (Wildman–Crippen MR) is 82.4 cm³/mol. The lowest BCUT2D eigenvalue weighted by atomic mass is 10.1. The summed E-state index contributed by atoms with van der Waals surface area (Å²) in [5.74, 6) is 0.902. The molecule has 0 aromatic heterocycles. The van der Waals surface area contributed by atoms with Gasteiger partial charge in [0.1, 0.15) is 5.75 Å². The van der Waals surface area contributed by atoms with E-state index in [1.54, 1.807) is 7.11 Å². The Labute approximate surface area is 120 Å². The highest BCUT2D eigenvalue weighted by atomic mass is 32.2. The topological polar surface area (TPSA) is 9.23 Å². The second kappa shape index (κ2) is 6.16. The fraction of sp³-hybridized carbons (Fsp3) is 0.294. The van der Waals surface area contributed by atoms with Gasteiger partial charge in [0.2, 0.25) is 0 Å². The maximum absolute atomic E-state index is 5.19. The van der Waals surface area contributed by atoms with Crippen molar-refractivity contribution in [2.45, 2.75) is 37.0 Å². The molecule has 0 saturated heterocycles. The van der Waals surface area contributed by atoms with Crippen molar-refractivity contribution in [1.82, 2.24) is 0 Å². The molecule has 0 aliphatic rings. The maximum atomic E-state index is 5.19. The lowest BCUT2D eigenvalue weighted by molar-refractivity contribution is 0.414. The van der Waals surface area contributed by atoms with Crippen molar-refractivity contribution < 1.29 is 4.74 Å². The van der Waals surface area contributed by atoms with Crippen molar-refractivity contribution in [1.29, 1.82) is 0 Å². The van der Waals surface area contributed by atoms with E-state index in [4.69, 9.17) is 4.74 Å². The Kier molecular flexibility index (Phi) is 4.54. The largest absolute Gasteiger partial charge is 0.497 e. The van der Waals surface area contributed by atoms with E-state index in [0.717, 1.165) is 12.2 Å². The number of ether oxygens (including phenoxy) is 1. The van der Waals surface area contributed by atoms with Crippen LogP contribution in [0.25, 0.3) is 0 Å². The van der Waals surface area contributed by atoms with Gasteiger partial charge < -0.3 is 4.74 Å². The van der Waals surface area contributed by atoms with Crippen LogP contribution in [0.15, 0.2) is 46.2 Å². The molecule has 19 heavy (non-hydrogen) atoms. The first-order valence-corrected chi connectivity index (χ1v) is 7.37. The molecule has 2 aromatic carbocycles. The van der Waals surface area contributed by atoms with E-state index in [2.05, 4.69) is 45.0 Å². The second-order valence-corrected chi connectivity index (χ2v) is 5.77. The van der Waals surface area contributed by atoms with Crippen molar-refractivity contribution >= 4 is 11.8 Å².